The summed E-state index contributed by atoms with van der Waals surface area (Å²) in [7, 11) is 3.56. The zero-order valence-electron chi connectivity index (χ0n) is 23.2. The van der Waals surface area contributed by atoms with Crippen molar-refractivity contribution < 1.29 is 19.1 Å². The zero-order valence-corrected chi connectivity index (χ0v) is 23.2. The number of fused-ring (bicyclic) bond motifs is 13. The number of methoxy groups -OCH3 is 1. The van der Waals surface area contributed by atoms with Crippen LogP contribution in [0.25, 0.3) is 43.6 Å². The van der Waals surface area contributed by atoms with Crippen LogP contribution in [0.4, 0.5) is 0 Å². The molecule has 1 N–H and O–H groups in total. The average molecular weight is 557 g/mol. The van der Waals surface area contributed by atoms with Gasteiger partial charge in [-0.15, -0.1) is 0 Å². The second-order valence-electron chi connectivity index (χ2n) is 11.5. The minimum Gasteiger partial charge on any atom is -0.375 e. The first-order chi connectivity index (χ1) is 20.6. The molecule has 4 aromatic carbocycles. The predicted octanol–water partition coefficient (Wildman–Crippen LogP) is 5.73. The number of carbonyl (C=O) groups excluding carboxylic acids is 2. The number of benzene rings is 4. The summed E-state index contributed by atoms with van der Waals surface area (Å²) in [6.07, 6.45) is -0.788. The van der Waals surface area contributed by atoms with Crippen molar-refractivity contribution in [2.45, 2.75) is 37.6 Å². The first-order valence-corrected chi connectivity index (χ1v) is 14.4. The Morgan fingerprint density at radius 2 is 1.55 bits per heavy atom. The maximum absolute atomic E-state index is 13.8. The smallest absolute Gasteiger partial charge is 0.253 e. The number of amides is 2. The van der Waals surface area contributed by atoms with E-state index in [4.69, 9.17) is 9.47 Å². The Labute approximate surface area is 241 Å². The van der Waals surface area contributed by atoms with Gasteiger partial charge in [-0.3, -0.25) is 9.59 Å². The minimum absolute atomic E-state index is 0.0411. The maximum atomic E-state index is 13.8. The second kappa shape index (κ2) is 8.44. The van der Waals surface area contributed by atoms with Crippen LogP contribution in [-0.4, -0.2) is 52.2 Å². The lowest BCUT2D eigenvalue weighted by atomic mass is 9.97. The van der Waals surface area contributed by atoms with Crippen LogP contribution in [0, 0.1) is 0 Å². The molecule has 4 atom stereocenters. The molecule has 208 valence electrons. The van der Waals surface area contributed by atoms with Gasteiger partial charge in [-0.05, 0) is 29.8 Å². The van der Waals surface area contributed by atoms with E-state index in [2.05, 4.69) is 38.7 Å². The molecule has 1 fully saturated rings. The van der Waals surface area contributed by atoms with Crippen molar-refractivity contribution in [1.29, 1.82) is 0 Å². The Kier molecular flexibility index (Phi) is 4.82. The number of para-hydroxylation sites is 2. The number of carbonyl (C=O) groups is 2. The maximum Gasteiger partial charge on any atom is 0.253 e. The van der Waals surface area contributed by atoms with E-state index in [0.717, 1.165) is 54.7 Å². The molecule has 0 spiro atoms. The van der Waals surface area contributed by atoms with Gasteiger partial charge >= 0.3 is 0 Å². The molecule has 42 heavy (non-hydrogen) atoms. The molecule has 5 heterocycles. The Hall–Kier alpha value is -4.66. The number of aromatic nitrogens is 2. The monoisotopic (exact) mass is 556 g/mol. The molecule has 2 amide bonds. The van der Waals surface area contributed by atoms with Gasteiger partial charge in [0.15, 0.2) is 6.23 Å². The second-order valence-corrected chi connectivity index (χ2v) is 11.5. The summed E-state index contributed by atoms with van der Waals surface area (Å²) >= 11 is 0. The molecule has 3 aliphatic rings. The lowest BCUT2D eigenvalue weighted by Crippen LogP contribution is -2.53. The molecular weight excluding hydrogens is 528 g/mol. The van der Waals surface area contributed by atoms with Gasteiger partial charge in [0.05, 0.1) is 33.7 Å². The molecule has 3 aliphatic heterocycles. The lowest BCUT2D eigenvalue weighted by molar-refractivity contribution is -0.203. The first-order valence-electron chi connectivity index (χ1n) is 14.4. The normalized spacial score (nSPS) is 22.7. The molecule has 1 saturated heterocycles. The van der Waals surface area contributed by atoms with Gasteiger partial charge < -0.3 is 28.8 Å². The van der Waals surface area contributed by atoms with Crippen molar-refractivity contribution in [2.75, 3.05) is 14.2 Å². The van der Waals surface area contributed by atoms with Crippen LogP contribution in [0.5, 0.6) is 0 Å². The number of ether oxygens (including phenoxy) is 2. The number of hydrogen-bond acceptors (Lipinski definition) is 4. The van der Waals surface area contributed by atoms with Crippen molar-refractivity contribution in [1.82, 2.24) is 19.4 Å². The lowest BCUT2D eigenvalue weighted by Gasteiger charge is -2.44. The van der Waals surface area contributed by atoms with E-state index < -0.39 is 12.3 Å². The van der Waals surface area contributed by atoms with E-state index >= 15 is 0 Å². The third-order valence-corrected chi connectivity index (χ3v) is 9.60. The Balaban J connectivity index is 1.40. The number of hydrogen-bond donors (Lipinski definition) is 1. The van der Waals surface area contributed by atoms with Crippen LogP contribution in [0.15, 0.2) is 78.9 Å². The van der Waals surface area contributed by atoms with E-state index in [1.807, 2.05) is 66.5 Å². The van der Waals surface area contributed by atoms with Crippen molar-refractivity contribution in [2.24, 2.45) is 0 Å². The summed E-state index contributed by atoms with van der Waals surface area (Å²) < 4.78 is 17.8. The molecule has 0 aliphatic carbocycles. The van der Waals surface area contributed by atoms with Crippen LogP contribution in [-0.2, 0) is 16.0 Å². The third kappa shape index (κ3) is 2.88. The number of nitrogens with zero attached hydrogens (tertiary/aromatic N) is 3. The van der Waals surface area contributed by atoms with Crippen LogP contribution in [0.3, 0.4) is 0 Å². The fraction of sp³-hybridized carbons (Fsp3) is 0.235. The van der Waals surface area contributed by atoms with E-state index in [1.165, 1.54) is 0 Å². The Morgan fingerprint density at radius 3 is 2.29 bits per heavy atom. The Bertz CT molecular complexity index is 2130. The number of rotatable bonds is 3. The molecule has 0 saturated carbocycles. The van der Waals surface area contributed by atoms with Gasteiger partial charge in [-0.25, -0.2) is 0 Å². The van der Waals surface area contributed by atoms with Crippen LogP contribution < -0.4 is 5.32 Å². The third-order valence-electron chi connectivity index (χ3n) is 9.60. The van der Waals surface area contributed by atoms with Gasteiger partial charge in [-0.1, -0.05) is 54.6 Å². The highest BCUT2D eigenvalue weighted by Crippen LogP contribution is 2.52. The van der Waals surface area contributed by atoms with Crippen molar-refractivity contribution >= 4 is 55.4 Å². The summed E-state index contributed by atoms with van der Waals surface area (Å²) in [6.45, 7) is 0.480. The van der Waals surface area contributed by atoms with Gasteiger partial charge in [0.25, 0.3) is 11.8 Å². The van der Waals surface area contributed by atoms with E-state index in [-0.39, 0.29) is 24.1 Å². The molecule has 2 bridgehead atoms. The van der Waals surface area contributed by atoms with Crippen LogP contribution in [0.2, 0.25) is 0 Å². The highest BCUT2D eigenvalue weighted by molar-refractivity contribution is 6.30. The fourth-order valence-corrected chi connectivity index (χ4v) is 7.86. The first kappa shape index (κ1) is 24.0. The SMILES string of the molecule is CO[C@@H]1[C@H](N(C)C(=O)c2ccccc2)CC2O[C@H]1n1c3ccccc3c3c4c(c5c6ccccc6n2c5c31)C(=O)NC4. The molecular formula is C34H28N4O4. The molecule has 0 radical (unpaired) electrons. The molecule has 9 rings (SSSR count). The molecule has 6 aromatic rings. The fourth-order valence-electron chi connectivity index (χ4n) is 7.86. The quantitative estimate of drug-likeness (QED) is 0.302. The summed E-state index contributed by atoms with van der Waals surface area (Å²) in [5, 5.41) is 7.26. The van der Waals surface area contributed by atoms with Gasteiger partial charge in [0.1, 0.15) is 12.3 Å². The largest absolute Gasteiger partial charge is 0.375 e. The van der Waals surface area contributed by atoms with Crippen molar-refractivity contribution in [3.05, 3.63) is 95.6 Å². The van der Waals surface area contributed by atoms with E-state index in [1.54, 1.807) is 7.11 Å². The standard InChI is InChI=1S/C34H28N4O4/c1-36(33(40)18-10-4-3-5-11-18)24-16-25-37-22-14-8-7-13-20(22)27-28-21(17-35-32(28)39)26-19-12-6-9-15-23(19)38(29(26)30(27)37)34(42-25)31(24)41-2/h3-15,24-25,31,34H,16-17H2,1-2H3,(H,35,39)/t24-,25?,31-,34-/m1/s1. The van der Waals surface area contributed by atoms with Crippen molar-refractivity contribution in [3.8, 4) is 0 Å². The predicted molar refractivity (Wildman–Crippen MR) is 161 cm³/mol. The summed E-state index contributed by atoms with van der Waals surface area (Å²) in [4.78, 5) is 29.1. The van der Waals surface area contributed by atoms with E-state index in [9.17, 15) is 9.59 Å². The van der Waals surface area contributed by atoms with Gasteiger partial charge in [0.2, 0.25) is 0 Å². The average Bonchev–Trinajstić information content (AvgIpc) is 3.67. The van der Waals surface area contributed by atoms with Crippen LogP contribution in [0.1, 0.15) is 45.2 Å². The highest BCUT2D eigenvalue weighted by Gasteiger charge is 2.48. The summed E-state index contributed by atoms with van der Waals surface area (Å²) in [6, 6.07) is 25.7. The molecule has 8 nitrogen and oxygen atoms in total. The van der Waals surface area contributed by atoms with Gasteiger partial charge in [-0.2, -0.15) is 0 Å². The Morgan fingerprint density at radius 1 is 0.905 bits per heavy atom. The molecule has 1 unspecified atom stereocenters. The van der Waals surface area contributed by atoms with E-state index in [0.29, 0.717) is 18.5 Å². The number of likely N-dealkylation sites (N-methyl/N-ethyl adjacent to an activating group) is 1. The number of nitrogens with one attached hydrogen (secondary N) is 1. The topological polar surface area (TPSA) is 77.7 Å². The highest BCUT2D eigenvalue weighted by atomic mass is 16.6. The summed E-state index contributed by atoms with van der Waals surface area (Å²) in [5.41, 5.74) is 6.49. The molecule has 8 heteroatoms. The molecule has 2 aromatic heterocycles. The zero-order chi connectivity index (χ0) is 28.3. The van der Waals surface area contributed by atoms with Crippen molar-refractivity contribution in [3.63, 3.8) is 0 Å². The van der Waals surface area contributed by atoms with Gasteiger partial charge in [0, 0.05) is 54.2 Å². The summed E-state index contributed by atoms with van der Waals surface area (Å²) in [5.74, 6) is -0.0971. The minimum atomic E-state index is -0.503. The van der Waals surface area contributed by atoms with Crippen LogP contribution >= 0.6 is 0 Å².